The van der Waals surface area contributed by atoms with Crippen LogP contribution in [-0.2, 0) is 22.0 Å². The van der Waals surface area contributed by atoms with Gasteiger partial charge in [0.25, 0.3) is 0 Å². The predicted octanol–water partition coefficient (Wildman–Crippen LogP) is 12.7. The zero-order valence-electron chi connectivity index (χ0n) is 30.2. The highest BCUT2D eigenvalue weighted by Crippen LogP contribution is 2.49. The van der Waals surface area contributed by atoms with Crippen molar-refractivity contribution in [2.75, 3.05) is 25.6 Å². The van der Waals surface area contributed by atoms with Gasteiger partial charge >= 0.3 is 0 Å². The Kier molecular flexibility index (Phi) is 13.8. The van der Waals surface area contributed by atoms with Gasteiger partial charge in [0.15, 0.2) is 0 Å². The Labute approximate surface area is 292 Å². The van der Waals surface area contributed by atoms with Gasteiger partial charge in [0.05, 0.1) is 6.61 Å². The second kappa shape index (κ2) is 18.4. The molecule has 0 saturated heterocycles. The van der Waals surface area contributed by atoms with Crippen LogP contribution in [0.2, 0.25) is 0 Å². The van der Waals surface area contributed by atoms with Crippen LogP contribution >= 0.6 is 0 Å². The van der Waals surface area contributed by atoms with Crippen LogP contribution in [0.25, 0.3) is 10.8 Å². The molecular weight excluding hydrogens is 583 g/mol. The number of para-hydroxylation sites is 1. The highest BCUT2D eigenvalue weighted by atomic mass is 16.5. The quantitative estimate of drug-likeness (QED) is 0.124. The number of allylic oxidation sites excluding steroid dienone is 8. The molecule has 2 fully saturated rings. The molecule has 1 N–H and O–H groups in total. The van der Waals surface area contributed by atoms with E-state index in [1.807, 2.05) is 0 Å². The van der Waals surface area contributed by atoms with Gasteiger partial charge in [0.1, 0.15) is 0 Å². The van der Waals surface area contributed by atoms with Gasteiger partial charge in [-0.25, -0.2) is 0 Å². The lowest BCUT2D eigenvalue weighted by Crippen LogP contribution is -2.32. The predicted molar refractivity (Wildman–Crippen MR) is 209 cm³/mol. The normalized spacial score (nSPS) is 18.4. The fraction of sp³-hybridized carbons (Fsp3) is 0.478. The SMILES string of the molecule is CCCCCc1ccc2ccccc2c1C1(\C(C)=C/C=C/C=C/C=C/CC2(c3ccccc3NCCOC)CCCCC2)CCCCC1. The molecule has 0 unspecified atom stereocenters. The van der Waals surface area contributed by atoms with Crippen LogP contribution in [0.5, 0.6) is 0 Å². The van der Waals surface area contributed by atoms with Crippen LogP contribution in [0.1, 0.15) is 120 Å². The number of anilines is 1. The van der Waals surface area contributed by atoms with E-state index in [2.05, 4.69) is 122 Å². The summed E-state index contributed by atoms with van der Waals surface area (Å²) in [5.41, 5.74) is 7.81. The average molecular weight is 644 g/mol. The Morgan fingerprint density at radius 1 is 0.771 bits per heavy atom. The maximum absolute atomic E-state index is 5.31. The standard InChI is InChI=1S/C46H61NO/c1-4-5-12-25-40-30-29-39-24-14-15-26-41(39)44(40)46(34-21-11-22-35-46)38(2)23-13-8-6-7-9-18-31-45(32-19-10-20-33-45)42-27-16-17-28-43(42)47-36-37-48-3/h6-9,13-18,23-24,26-30,47H,4-5,10-12,19-22,25,31-37H2,1-3H3/b7-6+,13-8+,18-9+,38-23-. The Morgan fingerprint density at radius 2 is 1.48 bits per heavy atom. The fourth-order valence-corrected chi connectivity index (χ4v) is 8.78. The van der Waals surface area contributed by atoms with Crippen LogP contribution in [0.3, 0.4) is 0 Å². The number of aryl methyl sites for hydroxylation is 1. The van der Waals surface area contributed by atoms with Crippen LogP contribution in [-0.4, -0.2) is 20.3 Å². The summed E-state index contributed by atoms with van der Waals surface area (Å²) in [6, 6.07) is 22.9. The van der Waals surface area contributed by atoms with Gasteiger partial charge in [0.2, 0.25) is 0 Å². The van der Waals surface area contributed by atoms with E-state index in [1.165, 1.54) is 117 Å². The summed E-state index contributed by atoms with van der Waals surface area (Å²) in [6.45, 7) is 6.27. The van der Waals surface area contributed by atoms with E-state index in [1.54, 1.807) is 18.2 Å². The summed E-state index contributed by atoms with van der Waals surface area (Å²) in [7, 11) is 1.77. The van der Waals surface area contributed by atoms with Crippen LogP contribution in [0.15, 0.2) is 109 Å². The highest BCUT2D eigenvalue weighted by Gasteiger charge is 2.38. The number of nitrogens with one attached hydrogen (secondary N) is 1. The first-order valence-corrected chi connectivity index (χ1v) is 19.1. The second-order valence-electron chi connectivity index (χ2n) is 14.5. The van der Waals surface area contributed by atoms with Crippen LogP contribution < -0.4 is 5.32 Å². The number of unbranched alkanes of at least 4 members (excludes halogenated alkanes) is 2. The van der Waals surface area contributed by atoms with Gasteiger partial charge in [0, 0.05) is 30.2 Å². The van der Waals surface area contributed by atoms with E-state index in [-0.39, 0.29) is 10.8 Å². The van der Waals surface area contributed by atoms with Crippen molar-refractivity contribution in [2.45, 2.75) is 121 Å². The van der Waals surface area contributed by atoms with Gasteiger partial charge in [-0.1, -0.05) is 161 Å². The summed E-state index contributed by atoms with van der Waals surface area (Å²) in [4.78, 5) is 0. The van der Waals surface area contributed by atoms with Crippen molar-refractivity contribution in [1.29, 1.82) is 0 Å². The number of hydrogen-bond donors (Lipinski definition) is 1. The smallest absolute Gasteiger partial charge is 0.0635 e. The first-order valence-electron chi connectivity index (χ1n) is 19.1. The molecule has 256 valence electrons. The lowest BCUT2D eigenvalue weighted by atomic mass is 9.62. The zero-order chi connectivity index (χ0) is 33.5. The molecule has 2 heteroatoms. The third-order valence-electron chi connectivity index (χ3n) is 11.4. The molecule has 0 atom stereocenters. The number of fused-ring (bicyclic) bond motifs is 1. The number of methoxy groups -OCH3 is 1. The molecule has 2 saturated carbocycles. The van der Waals surface area contributed by atoms with E-state index in [9.17, 15) is 0 Å². The molecule has 0 aromatic heterocycles. The van der Waals surface area contributed by atoms with Gasteiger partial charge in [-0.2, -0.15) is 0 Å². The summed E-state index contributed by atoms with van der Waals surface area (Å²) in [5, 5.41) is 6.51. The van der Waals surface area contributed by atoms with Crippen molar-refractivity contribution in [3.63, 3.8) is 0 Å². The van der Waals surface area contributed by atoms with E-state index < -0.39 is 0 Å². The van der Waals surface area contributed by atoms with Crippen molar-refractivity contribution in [1.82, 2.24) is 0 Å². The minimum atomic E-state index is 0.123. The van der Waals surface area contributed by atoms with Crippen molar-refractivity contribution in [3.05, 3.63) is 125 Å². The number of ether oxygens (including phenoxy) is 1. The van der Waals surface area contributed by atoms with E-state index in [0.717, 1.165) is 19.6 Å². The van der Waals surface area contributed by atoms with Crippen molar-refractivity contribution in [3.8, 4) is 0 Å². The summed E-state index contributed by atoms with van der Waals surface area (Å²) >= 11 is 0. The number of rotatable bonds is 16. The zero-order valence-corrected chi connectivity index (χ0v) is 30.2. The van der Waals surface area contributed by atoms with E-state index in [0.29, 0.717) is 0 Å². The van der Waals surface area contributed by atoms with Crippen LogP contribution in [0.4, 0.5) is 5.69 Å². The molecule has 2 aliphatic rings. The van der Waals surface area contributed by atoms with Crippen molar-refractivity contribution < 1.29 is 4.74 Å². The third kappa shape index (κ3) is 8.80. The minimum Gasteiger partial charge on any atom is -0.383 e. The van der Waals surface area contributed by atoms with E-state index >= 15 is 0 Å². The average Bonchev–Trinajstić information content (AvgIpc) is 3.13. The second-order valence-corrected chi connectivity index (χ2v) is 14.5. The topological polar surface area (TPSA) is 21.3 Å². The monoisotopic (exact) mass is 643 g/mol. The molecule has 0 aliphatic heterocycles. The van der Waals surface area contributed by atoms with Crippen molar-refractivity contribution in [2.24, 2.45) is 0 Å². The van der Waals surface area contributed by atoms with Crippen molar-refractivity contribution >= 4 is 16.5 Å². The lowest BCUT2D eigenvalue weighted by molar-refractivity contribution is 0.210. The molecule has 3 aromatic rings. The molecule has 5 rings (SSSR count). The van der Waals surface area contributed by atoms with Gasteiger partial charge in [-0.3, -0.25) is 0 Å². The fourth-order valence-electron chi connectivity index (χ4n) is 8.78. The van der Waals surface area contributed by atoms with Gasteiger partial charge in [-0.15, -0.1) is 0 Å². The summed E-state index contributed by atoms with van der Waals surface area (Å²) < 4.78 is 5.31. The summed E-state index contributed by atoms with van der Waals surface area (Å²) in [5.74, 6) is 0. The number of hydrogen-bond acceptors (Lipinski definition) is 2. The maximum atomic E-state index is 5.31. The molecule has 2 nitrogen and oxygen atoms in total. The number of benzene rings is 3. The molecular formula is C46H61NO. The van der Waals surface area contributed by atoms with Gasteiger partial charge in [-0.05, 0) is 85.4 Å². The minimum absolute atomic E-state index is 0.123. The van der Waals surface area contributed by atoms with Gasteiger partial charge < -0.3 is 10.1 Å². The Hall–Kier alpha value is -3.36. The Bertz CT molecular complexity index is 1540. The Balaban J connectivity index is 1.32. The highest BCUT2D eigenvalue weighted by molar-refractivity contribution is 5.88. The molecule has 0 spiro atoms. The molecule has 3 aromatic carbocycles. The molecule has 2 aliphatic carbocycles. The largest absolute Gasteiger partial charge is 0.383 e. The van der Waals surface area contributed by atoms with E-state index in [4.69, 9.17) is 4.74 Å². The maximum Gasteiger partial charge on any atom is 0.0635 e. The lowest BCUT2D eigenvalue weighted by Gasteiger charge is -2.41. The molecule has 0 heterocycles. The third-order valence-corrected chi connectivity index (χ3v) is 11.4. The first-order chi connectivity index (χ1) is 23.6. The molecule has 0 amide bonds. The molecule has 0 bridgehead atoms. The van der Waals surface area contributed by atoms with Crippen LogP contribution in [0, 0.1) is 0 Å². The molecule has 48 heavy (non-hydrogen) atoms. The Morgan fingerprint density at radius 3 is 2.27 bits per heavy atom. The first kappa shape index (κ1) is 35.9. The summed E-state index contributed by atoms with van der Waals surface area (Å²) in [6.07, 6.45) is 35.1. The molecule has 0 radical (unpaired) electrons.